The van der Waals surface area contributed by atoms with Gasteiger partial charge in [-0.25, -0.2) is 9.97 Å². The van der Waals surface area contributed by atoms with Gasteiger partial charge in [-0.15, -0.1) is 0 Å². The molecule has 3 aromatic rings. The summed E-state index contributed by atoms with van der Waals surface area (Å²) in [5, 5.41) is 2.64. The molecule has 0 saturated carbocycles. The van der Waals surface area contributed by atoms with Crippen molar-refractivity contribution in [2.45, 2.75) is 0 Å². The second kappa shape index (κ2) is 8.62. The van der Waals surface area contributed by atoms with Crippen molar-refractivity contribution >= 4 is 17.9 Å². The van der Waals surface area contributed by atoms with Crippen molar-refractivity contribution in [1.82, 2.24) is 9.97 Å². The van der Waals surface area contributed by atoms with E-state index in [0.717, 1.165) is 16.7 Å². The normalized spacial score (nSPS) is 10.6. The van der Waals surface area contributed by atoms with Gasteiger partial charge in [0.25, 0.3) is 5.91 Å². The summed E-state index contributed by atoms with van der Waals surface area (Å²) in [6, 6.07) is 15.1. The third-order valence-electron chi connectivity index (χ3n) is 3.83. The Balaban J connectivity index is 1.73. The number of anilines is 1. The number of nitrogens with one attached hydrogen (secondary N) is 1. The lowest BCUT2D eigenvalue weighted by Gasteiger charge is -2.12. The van der Waals surface area contributed by atoms with E-state index in [-0.39, 0.29) is 11.9 Å². The number of carbonyl (C=O) groups excluding carboxylic acids is 1. The zero-order valence-corrected chi connectivity index (χ0v) is 15.0. The van der Waals surface area contributed by atoms with Gasteiger partial charge in [-0.05, 0) is 17.7 Å². The number of para-hydroxylation sites is 1. The van der Waals surface area contributed by atoms with Crippen LogP contribution in [0.2, 0.25) is 0 Å². The van der Waals surface area contributed by atoms with Gasteiger partial charge in [0.05, 0.1) is 14.2 Å². The summed E-state index contributed by atoms with van der Waals surface area (Å²) < 4.78 is 10.7. The Morgan fingerprint density at radius 1 is 0.963 bits per heavy atom. The molecule has 0 aliphatic rings. The largest absolute Gasteiger partial charge is 0.493 e. The van der Waals surface area contributed by atoms with Gasteiger partial charge < -0.3 is 9.47 Å². The summed E-state index contributed by atoms with van der Waals surface area (Å²) >= 11 is 0. The minimum atomic E-state index is -0.300. The maximum atomic E-state index is 12.0. The maximum absolute atomic E-state index is 12.0. The predicted octanol–water partition coefficient (Wildman–Crippen LogP) is 3.81. The molecule has 0 radical (unpaired) electrons. The number of rotatable bonds is 6. The third kappa shape index (κ3) is 4.49. The van der Waals surface area contributed by atoms with Crippen molar-refractivity contribution in [3.63, 3.8) is 0 Å². The summed E-state index contributed by atoms with van der Waals surface area (Å²) in [6.07, 6.45) is 6.42. The van der Waals surface area contributed by atoms with Crippen LogP contribution in [0.25, 0.3) is 17.2 Å². The van der Waals surface area contributed by atoms with Gasteiger partial charge in [0, 0.05) is 29.6 Å². The molecule has 0 aliphatic carbocycles. The van der Waals surface area contributed by atoms with E-state index in [2.05, 4.69) is 15.3 Å². The Morgan fingerprint density at radius 3 is 2.37 bits per heavy atom. The molecule has 0 aliphatic heterocycles. The molecular weight excluding hydrogens is 342 g/mol. The highest BCUT2D eigenvalue weighted by atomic mass is 16.5. The molecule has 1 aromatic heterocycles. The van der Waals surface area contributed by atoms with E-state index in [1.165, 1.54) is 6.08 Å². The third-order valence-corrected chi connectivity index (χ3v) is 3.83. The number of ether oxygens (including phenoxy) is 2. The minimum absolute atomic E-state index is 0.225. The van der Waals surface area contributed by atoms with Crippen molar-refractivity contribution in [2.24, 2.45) is 0 Å². The summed E-state index contributed by atoms with van der Waals surface area (Å²) in [6.45, 7) is 0. The van der Waals surface area contributed by atoms with E-state index < -0.39 is 0 Å². The quantitative estimate of drug-likeness (QED) is 0.676. The molecule has 3 rings (SSSR count). The van der Waals surface area contributed by atoms with Crippen LogP contribution < -0.4 is 14.8 Å². The van der Waals surface area contributed by atoms with E-state index in [1.54, 1.807) is 32.7 Å². The summed E-state index contributed by atoms with van der Waals surface area (Å²) in [7, 11) is 3.16. The van der Waals surface area contributed by atoms with Crippen molar-refractivity contribution in [3.8, 4) is 22.6 Å². The second-order valence-electron chi connectivity index (χ2n) is 5.57. The fraction of sp³-hybridized carbons (Fsp3) is 0.0952. The number of hydrogen-bond acceptors (Lipinski definition) is 5. The second-order valence-corrected chi connectivity index (χ2v) is 5.57. The van der Waals surface area contributed by atoms with E-state index >= 15 is 0 Å². The van der Waals surface area contributed by atoms with Crippen LogP contribution in [0.3, 0.4) is 0 Å². The molecular formula is C21H19N3O3. The zero-order valence-electron chi connectivity index (χ0n) is 15.0. The minimum Gasteiger partial charge on any atom is -0.493 e. The average molecular weight is 361 g/mol. The molecule has 1 heterocycles. The lowest BCUT2D eigenvalue weighted by atomic mass is 10.1. The van der Waals surface area contributed by atoms with E-state index in [9.17, 15) is 4.79 Å². The van der Waals surface area contributed by atoms with Crippen molar-refractivity contribution in [1.29, 1.82) is 0 Å². The number of benzene rings is 2. The lowest BCUT2D eigenvalue weighted by Crippen LogP contribution is -2.10. The smallest absolute Gasteiger partial charge is 0.250 e. The van der Waals surface area contributed by atoms with Crippen LogP contribution in [0, 0.1) is 0 Å². The number of hydrogen-bond donors (Lipinski definition) is 1. The fourth-order valence-corrected chi connectivity index (χ4v) is 2.53. The Bertz CT molecular complexity index is 939. The topological polar surface area (TPSA) is 73.3 Å². The fourth-order valence-electron chi connectivity index (χ4n) is 2.53. The average Bonchev–Trinajstić information content (AvgIpc) is 2.73. The van der Waals surface area contributed by atoms with Crippen LogP contribution in [-0.2, 0) is 4.79 Å². The number of aromatic nitrogens is 2. The molecule has 2 aromatic carbocycles. The van der Waals surface area contributed by atoms with Crippen LogP contribution in [-0.4, -0.2) is 30.1 Å². The van der Waals surface area contributed by atoms with Crippen molar-refractivity contribution in [3.05, 3.63) is 72.6 Å². The number of nitrogens with zero attached hydrogens (tertiary/aromatic N) is 2. The molecule has 136 valence electrons. The highest BCUT2D eigenvalue weighted by molar-refractivity contribution is 6.00. The molecule has 1 N–H and O–H groups in total. The van der Waals surface area contributed by atoms with Gasteiger partial charge >= 0.3 is 0 Å². The lowest BCUT2D eigenvalue weighted by molar-refractivity contribution is -0.111. The monoisotopic (exact) mass is 361 g/mol. The Morgan fingerprint density at radius 2 is 1.70 bits per heavy atom. The number of carbonyl (C=O) groups is 1. The van der Waals surface area contributed by atoms with E-state index in [0.29, 0.717) is 11.5 Å². The molecule has 0 bridgehead atoms. The van der Waals surface area contributed by atoms with Crippen LogP contribution in [0.4, 0.5) is 5.95 Å². The number of amides is 1. The van der Waals surface area contributed by atoms with Crippen LogP contribution in [0.5, 0.6) is 11.5 Å². The van der Waals surface area contributed by atoms with Gasteiger partial charge in [-0.2, -0.15) is 0 Å². The molecule has 6 nitrogen and oxygen atoms in total. The van der Waals surface area contributed by atoms with Crippen LogP contribution in [0.15, 0.2) is 67.0 Å². The first-order valence-corrected chi connectivity index (χ1v) is 8.29. The molecule has 0 atom stereocenters. The summed E-state index contributed by atoms with van der Waals surface area (Å²) in [4.78, 5) is 20.4. The molecule has 1 amide bonds. The van der Waals surface area contributed by atoms with Crippen molar-refractivity contribution in [2.75, 3.05) is 19.5 Å². The van der Waals surface area contributed by atoms with E-state index in [1.807, 2.05) is 48.5 Å². The van der Waals surface area contributed by atoms with Gasteiger partial charge in [0.1, 0.15) is 0 Å². The summed E-state index contributed by atoms with van der Waals surface area (Å²) in [5.74, 6) is 1.15. The molecule has 6 heteroatoms. The highest BCUT2D eigenvalue weighted by Gasteiger charge is 2.12. The van der Waals surface area contributed by atoms with Gasteiger partial charge in [-0.3, -0.25) is 10.1 Å². The zero-order chi connectivity index (χ0) is 19.1. The maximum Gasteiger partial charge on any atom is 0.250 e. The molecule has 27 heavy (non-hydrogen) atoms. The van der Waals surface area contributed by atoms with E-state index in [4.69, 9.17) is 9.47 Å². The number of methoxy groups -OCH3 is 2. The van der Waals surface area contributed by atoms with Gasteiger partial charge in [0.15, 0.2) is 11.5 Å². The predicted molar refractivity (Wildman–Crippen MR) is 105 cm³/mol. The summed E-state index contributed by atoms with van der Waals surface area (Å²) in [5.41, 5.74) is 2.50. The molecule has 0 fully saturated rings. The van der Waals surface area contributed by atoms with Gasteiger partial charge in [-0.1, -0.05) is 42.5 Å². The Labute approximate surface area is 157 Å². The first-order valence-electron chi connectivity index (χ1n) is 8.29. The first-order chi connectivity index (χ1) is 13.2. The first kappa shape index (κ1) is 18.1. The van der Waals surface area contributed by atoms with Crippen LogP contribution >= 0.6 is 0 Å². The standard InChI is InChI=1S/C21H19N3O3/c1-26-18-10-6-9-17(20(18)27-2)16-13-22-21(23-14-16)24-19(25)12-11-15-7-4-3-5-8-15/h3-14H,1-2H3,(H,22,23,24,25)/b12-11-. The van der Waals surface area contributed by atoms with Gasteiger partial charge in [0.2, 0.25) is 5.95 Å². The Kier molecular flexibility index (Phi) is 5.79. The van der Waals surface area contributed by atoms with Crippen molar-refractivity contribution < 1.29 is 14.3 Å². The SMILES string of the molecule is COc1cccc(-c2cnc(NC(=O)/C=C\c3ccccc3)nc2)c1OC. The molecule has 0 saturated heterocycles. The molecule has 0 spiro atoms. The Hall–Kier alpha value is -3.67. The van der Waals surface area contributed by atoms with Crippen LogP contribution in [0.1, 0.15) is 5.56 Å². The highest BCUT2D eigenvalue weighted by Crippen LogP contribution is 2.37. The molecule has 0 unspecified atom stereocenters.